The maximum absolute atomic E-state index is 12.9. The van der Waals surface area contributed by atoms with E-state index >= 15 is 0 Å². The Labute approximate surface area is 175 Å². The lowest BCUT2D eigenvalue weighted by molar-refractivity contribution is -0.113. The summed E-state index contributed by atoms with van der Waals surface area (Å²) in [5.74, 6) is 0.479. The molecule has 0 saturated heterocycles. The minimum Gasteiger partial charge on any atom is -0.353 e. The summed E-state index contributed by atoms with van der Waals surface area (Å²) in [5.41, 5.74) is 3.96. The van der Waals surface area contributed by atoms with Crippen LogP contribution in [-0.4, -0.2) is 26.2 Å². The predicted molar refractivity (Wildman–Crippen MR) is 120 cm³/mol. The molecule has 29 heavy (non-hydrogen) atoms. The van der Waals surface area contributed by atoms with Gasteiger partial charge in [0.25, 0.3) is 5.56 Å². The highest BCUT2D eigenvalue weighted by molar-refractivity contribution is 7.99. The van der Waals surface area contributed by atoms with E-state index in [1.54, 1.807) is 4.57 Å². The number of H-pyrrole nitrogens is 1. The molecule has 0 unspecified atom stereocenters. The number of carbonyl (C=O) groups is 1. The van der Waals surface area contributed by atoms with E-state index in [0.29, 0.717) is 28.7 Å². The molecule has 0 aliphatic heterocycles. The van der Waals surface area contributed by atoms with Gasteiger partial charge >= 0.3 is 0 Å². The molecule has 0 bridgehead atoms. The highest BCUT2D eigenvalue weighted by Crippen LogP contribution is 2.21. The lowest BCUT2D eigenvalue weighted by atomic mass is 10.0. The van der Waals surface area contributed by atoms with Gasteiger partial charge in [-0.05, 0) is 43.0 Å². The predicted octanol–water partition coefficient (Wildman–Crippen LogP) is 4.69. The number of nitrogens with one attached hydrogen (secondary N) is 2. The Balaban J connectivity index is 1.77. The zero-order valence-electron chi connectivity index (χ0n) is 17.4. The van der Waals surface area contributed by atoms with Crippen LogP contribution in [0.3, 0.4) is 0 Å². The number of benzene rings is 1. The first-order chi connectivity index (χ1) is 13.9. The van der Waals surface area contributed by atoms with Gasteiger partial charge in [0.2, 0.25) is 5.91 Å². The Morgan fingerprint density at radius 1 is 1.31 bits per heavy atom. The van der Waals surface area contributed by atoms with Crippen LogP contribution in [0.5, 0.6) is 0 Å². The number of fused-ring (bicyclic) bond motifs is 1. The molecule has 0 atom stereocenters. The van der Waals surface area contributed by atoms with Crippen molar-refractivity contribution in [2.24, 2.45) is 0 Å². The fraction of sp³-hybridized carbons (Fsp3) is 0.409. The van der Waals surface area contributed by atoms with Gasteiger partial charge in [-0.2, -0.15) is 0 Å². The van der Waals surface area contributed by atoms with Gasteiger partial charge in [0.15, 0.2) is 5.16 Å². The lowest BCUT2D eigenvalue weighted by Gasteiger charge is -2.12. The van der Waals surface area contributed by atoms with E-state index in [0.717, 1.165) is 24.2 Å². The van der Waals surface area contributed by atoms with Crippen molar-refractivity contribution in [1.29, 1.82) is 0 Å². The number of carbonyl (C=O) groups excluding carboxylic acids is 1. The van der Waals surface area contributed by atoms with Crippen LogP contribution in [0.15, 0.2) is 40.3 Å². The minimum absolute atomic E-state index is 0.0795. The third-order valence-corrected chi connectivity index (χ3v) is 5.72. The summed E-state index contributed by atoms with van der Waals surface area (Å²) in [6, 6.07) is 9.75. The van der Waals surface area contributed by atoms with E-state index in [1.807, 2.05) is 31.2 Å². The molecule has 1 aromatic carbocycles. The first kappa shape index (κ1) is 21.2. The summed E-state index contributed by atoms with van der Waals surface area (Å²) in [6.07, 6.45) is 1.86. The van der Waals surface area contributed by atoms with Crippen molar-refractivity contribution < 1.29 is 4.79 Å². The van der Waals surface area contributed by atoms with E-state index in [2.05, 4.69) is 42.1 Å². The van der Waals surface area contributed by atoms with E-state index < -0.39 is 0 Å². The number of hydrogen-bond acceptors (Lipinski definition) is 4. The zero-order chi connectivity index (χ0) is 21.0. The van der Waals surface area contributed by atoms with Crippen LogP contribution in [-0.2, 0) is 11.3 Å². The van der Waals surface area contributed by atoms with Crippen LogP contribution < -0.4 is 10.9 Å². The van der Waals surface area contributed by atoms with E-state index in [-0.39, 0.29) is 17.2 Å². The number of amides is 1. The van der Waals surface area contributed by atoms with Gasteiger partial charge in [0.05, 0.1) is 11.3 Å². The number of aromatic amines is 1. The van der Waals surface area contributed by atoms with Gasteiger partial charge in [-0.3, -0.25) is 14.2 Å². The number of hydrogen-bond donors (Lipinski definition) is 2. The van der Waals surface area contributed by atoms with Crippen molar-refractivity contribution >= 4 is 34.4 Å². The molecule has 1 amide bonds. The van der Waals surface area contributed by atoms with Gasteiger partial charge in [-0.15, -0.1) is 0 Å². The molecule has 0 radical (unpaired) electrons. The van der Waals surface area contributed by atoms with E-state index in [9.17, 15) is 9.59 Å². The van der Waals surface area contributed by atoms with Crippen LogP contribution in [0.25, 0.3) is 11.0 Å². The van der Waals surface area contributed by atoms with Crippen LogP contribution in [0.2, 0.25) is 0 Å². The van der Waals surface area contributed by atoms with Gasteiger partial charge in [0, 0.05) is 17.9 Å². The maximum atomic E-state index is 12.9. The zero-order valence-corrected chi connectivity index (χ0v) is 18.2. The summed E-state index contributed by atoms with van der Waals surface area (Å²) in [7, 11) is 0. The SMILES string of the molecule is CCCCn1c(SCC(=O)Nc2cccc(C(C)C)c2)nc2cc(C)[nH]c2c1=O. The van der Waals surface area contributed by atoms with Crippen LogP contribution >= 0.6 is 11.8 Å². The van der Waals surface area contributed by atoms with E-state index in [1.165, 1.54) is 17.3 Å². The largest absolute Gasteiger partial charge is 0.353 e. The smallest absolute Gasteiger partial charge is 0.278 e. The van der Waals surface area contributed by atoms with Crippen molar-refractivity contribution in [1.82, 2.24) is 14.5 Å². The normalized spacial score (nSPS) is 11.3. The Morgan fingerprint density at radius 2 is 2.10 bits per heavy atom. The van der Waals surface area contributed by atoms with Crippen molar-refractivity contribution in [2.75, 3.05) is 11.1 Å². The lowest BCUT2D eigenvalue weighted by Crippen LogP contribution is -2.24. The highest BCUT2D eigenvalue weighted by Gasteiger charge is 2.15. The Bertz CT molecular complexity index is 1070. The maximum Gasteiger partial charge on any atom is 0.278 e. The first-order valence-corrected chi connectivity index (χ1v) is 11.0. The molecule has 2 heterocycles. The van der Waals surface area contributed by atoms with Crippen LogP contribution in [0.4, 0.5) is 5.69 Å². The quantitative estimate of drug-likeness (QED) is 0.416. The molecule has 3 rings (SSSR count). The summed E-state index contributed by atoms with van der Waals surface area (Å²) in [5, 5.41) is 3.53. The number of aromatic nitrogens is 3. The Hall–Kier alpha value is -2.54. The second-order valence-corrected chi connectivity index (χ2v) is 8.48. The average Bonchev–Trinajstić information content (AvgIpc) is 3.06. The number of unbranched alkanes of at least 4 members (excludes halogenated alkanes) is 1. The molecular formula is C22H28N4O2S. The van der Waals surface area contributed by atoms with Crippen LogP contribution in [0, 0.1) is 6.92 Å². The molecule has 6 nitrogen and oxygen atoms in total. The molecule has 2 N–H and O–H groups in total. The van der Waals surface area contributed by atoms with Crippen molar-refractivity contribution in [3.05, 3.63) is 51.9 Å². The Kier molecular flexibility index (Phi) is 6.79. The molecule has 0 saturated carbocycles. The van der Waals surface area contributed by atoms with Gasteiger partial charge in [-0.1, -0.05) is 51.1 Å². The highest BCUT2D eigenvalue weighted by atomic mass is 32.2. The van der Waals surface area contributed by atoms with Crippen LogP contribution in [0.1, 0.15) is 50.8 Å². The molecule has 0 aliphatic carbocycles. The summed E-state index contributed by atoms with van der Waals surface area (Å²) < 4.78 is 1.68. The number of aryl methyl sites for hydroxylation is 1. The molecule has 154 valence electrons. The molecule has 0 aliphatic rings. The number of rotatable bonds is 8. The Morgan fingerprint density at radius 3 is 2.83 bits per heavy atom. The molecule has 0 spiro atoms. The monoisotopic (exact) mass is 412 g/mol. The van der Waals surface area contributed by atoms with Crippen molar-refractivity contribution in [3.63, 3.8) is 0 Å². The van der Waals surface area contributed by atoms with Crippen molar-refractivity contribution in [3.8, 4) is 0 Å². The topological polar surface area (TPSA) is 79.8 Å². The van der Waals surface area contributed by atoms with E-state index in [4.69, 9.17) is 0 Å². The standard InChI is InChI=1S/C22H28N4O2S/c1-5-6-10-26-21(28)20-18(11-15(4)23-20)25-22(26)29-13-19(27)24-17-9-7-8-16(12-17)14(2)3/h7-9,11-12,14,23H,5-6,10,13H2,1-4H3,(H,24,27). The molecule has 2 aromatic heterocycles. The van der Waals surface area contributed by atoms with Gasteiger partial charge < -0.3 is 10.3 Å². The fourth-order valence-corrected chi connectivity index (χ4v) is 3.96. The first-order valence-electron chi connectivity index (χ1n) is 10.0. The summed E-state index contributed by atoms with van der Waals surface area (Å²) in [4.78, 5) is 33.1. The van der Waals surface area contributed by atoms with Crippen molar-refractivity contribution in [2.45, 2.75) is 58.2 Å². The van der Waals surface area contributed by atoms with Gasteiger partial charge in [0.1, 0.15) is 5.52 Å². The number of thioether (sulfide) groups is 1. The number of nitrogens with zero attached hydrogens (tertiary/aromatic N) is 2. The second kappa shape index (κ2) is 9.31. The molecule has 0 fully saturated rings. The third kappa shape index (κ3) is 5.09. The summed E-state index contributed by atoms with van der Waals surface area (Å²) in [6.45, 7) is 8.83. The molecule has 3 aromatic rings. The second-order valence-electron chi connectivity index (χ2n) is 7.53. The number of anilines is 1. The van der Waals surface area contributed by atoms with Gasteiger partial charge in [-0.25, -0.2) is 4.98 Å². The average molecular weight is 413 g/mol. The fourth-order valence-electron chi connectivity index (χ4n) is 3.14. The molecule has 7 heteroatoms. The third-order valence-electron chi connectivity index (χ3n) is 4.74. The molecular weight excluding hydrogens is 384 g/mol. The minimum atomic E-state index is -0.113. The summed E-state index contributed by atoms with van der Waals surface area (Å²) >= 11 is 1.30.